The summed E-state index contributed by atoms with van der Waals surface area (Å²) in [6.07, 6.45) is 5.15. The van der Waals surface area contributed by atoms with Gasteiger partial charge in [-0.05, 0) is 66.7 Å². The number of ether oxygens (including phenoxy) is 1. The van der Waals surface area contributed by atoms with Crippen LogP contribution in [0.3, 0.4) is 0 Å². The van der Waals surface area contributed by atoms with Gasteiger partial charge in [-0.25, -0.2) is 0 Å². The molecule has 1 aliphatic carbocycles. The van der Waals surface area contributed by atoms with Gasteiger partial charge in [0.25, 0.3) is 0 Å². The number of likely N-dealkylation sites (N-methyl/N-ethyl adjacent to an activating group) is 1. The fourth-order valence-corrected chi connectivity index (χ4v) is 6.34. The van der Waals surface area contributed by atoms with Crippen LogP contribution in [-0.4, -0.2) is 64.9 Å². The topological polar surface area (TPSA) is 19.0 Å². The van der Waals surface area contributed by atoms with E-state index in [0.717, 1.165) is 26.2 Å². The zero-order chi connectivity index (χ0) is 22.6. The normalized spacial score (nSPS) is 22.0. The van der Waals surface area contributed by atoms with Gasteiger partial charge in [0.2, 0.25) is 0 Å². The van der Waals surface area contributed by atoms with Crippen LogP contribution < -0.4 is 9.80 Å². The molecule has 1 saturated carbocycles. The number of nitrogens with zero attached hydrogens (tertiary/aromatic N) is 3. The molecule has 0 N–H and O–H groups in total. The predicted octanol–water partition coefficient (Wildman–Crippen LogP) is 5.62. The van der Waals surface area contributed by atoms with E-state index >= 15 is 0 Å². The summed E-state index contributed by atoms with van der Waals surface area (Å²) in [5.41, 5.74) is 5.17. The van der Waals surface area contributed by atoms with Crippen molar-refractivity contribution in [1.29, 1.82) is 0 Å². The Hall–Kier alpha value is -1.26. The minimum absolute atomic E-state index is 0.400. The molecule has 2 fully saturated rings. The third-order valence-corrected chi connectivity index (χ3v) is 7.33. The van der Waals surface area contributed by atoms with Crippen molar-refractivity contribution in [3.8, 4) is 0 Å². The summed E-state index contributed by atoms with van der Waals surface area (Å²) in [5, 5.41) is 0. The van der Waals surface area contributed by atoms with E-state index in [0.29, 0.717) is 16.7 Å². The van der Waals surface area contributed by atoms with Crippen molar-refractivity contribution in [2.75, 3.05) is 69.8 Å². The molecule has 0 unspecified atom stereocenters. The predicted molar refractivity (Wildman–Crippen MR) is 135 cm³/mol. The molecule has 0 amide bonds. The van der Waals surface area contributed by atoms with Crippen molar-refractivity contribution in [1.82, 2.24) is 4.90 Å². The lowest BCUT2D eigenvalue weighted by Crippen LogP contribution is -2.47. The van der Waals surface area contributed by atoms with E-state index in [2.05, 4.69) is 74.6 Å². The first-order valence-corrected chi connectivity index (χ1v) is 12.5. The Labute approximate surface area is 191 Å². The van der Waals surface area contributed by atoms with Gasteiger partial charge in [0.1, 0.15) is 0 Å². The summed E-state index contributed by atoms with van der Waals surface area (Å²) in [5.74, 6) is 0.640. The Morgan fingerprint density at radius 1 is 1.03 bits per heavy atom. The van der Waals surface area contributed by atoms with Gasteiger partial charge in [0, 0.05) is 58.3 Å². The Balaban J connectivity index is 1.91. The van der Waals surface area contributed by atoms with Crippen molar-refractivity contribution >= 4 is 11.4 Å². The summed E-state index contributed by atoms with van der Waals surface area (Å²) in [6.45, 7) is 19.7. The van der Waals surface area contributed by atoms with E-state index in [1.54, 1.807) is 12.7 Å². The Morgan fingerprint density at radius 3 is 2.26 bits per heavy atom. The summed E-state index contributed by atoms with van der Waals surface area (Å²) >= 11 is 0. The molecule has 4 heteroatoms. The maximum Gasteiger partial charge on any atom is 0.0637 e. The highest BCUT2D eigenvalue weighted by Gasteiger charge is 2.40. The van der Waals surface area contributed by atoms with Crippen molar-refractivity contribution in [2.45, 2.75) is 66.2 Å². The van der Waals surface area contributed by atoms with Gasteiger partial charge in [-0.3, -0.25) is 4.90 Å². The van der Waals surface area contributed by atoms with Crippen LogP contribution in [0.4, 0.5) is 11.4 Å². The van der Waals surface area contributed by atoms with E-state index in [1.165, 1.54) is 56.7 Å². The summed E-state index contributed by atoms with van der Waals surface area (Å²) in [6, 6.07) is 7.26. The molecule has 4 nitrogen and oxygen atoms in total. The van der Waals surface area contributed by atoms with Crippen LogP contribution >= 0.6 is 0 Å². The van der Waals surface area contributed by atoms with Crippen LogP contribution in [0.2, 0.25) is 0 Å². The molecule has 1 aliphatic heterocycles. The van der Waals surface area contributed by atoms with E-state index in [1.807, 2.05) is 0 Å². The molecule has 31 heavy (non-hydrogen) atoms. The number of anilines is 2. The first kappa shape index (κ1) is 24.4. The van der Waals surface area contributed by atoms with Crippen LogP contribution in [0.5, 0.6) is 0 Å². The van der Waals surface area contributed by atoms with Crippen LogP contribution in [-0.2, 0) is 4.74 Å². The second-order valence-electron chi connectivity index (χ2n) is 11.6. The summed E-state index contributed by atoms with van der Waals surface area (Å²) < 4.78 is 5.32. The van der Waals surface area contributed by atoms with Crippen LogP contribution in [0.15, 0.2) is 18.2 Å². The van der Waals surface area contributed by atoms with Crippen molar-refractivity contribution < 1.29 is 4.74 Å². The molecule has 1 saturated heterocycles. The van der Waals surface area contributed by atoms with Crippen molar-refractivity contribution in [3.63, 3.8) is 0 Å². The second kappa shape index (κ2) is 10.1. The van der Waals surface area contributed by atoms with Crippen molar-refractivity contribution in [3.05, 3.63) is 23.8 Å². The second-order valence-corrected chi connectivity index (χ2v) is 11.6. The van der Waals surface area contributed by atoms with Gasteiger partial charge in [0.05, 0.1) is 6.61 Å². The van der Waals surface area contributed by atoms with E-state index in [4.69, 9.17) is 4.74 Å². The largest absolute Gasteiger partial charge is 0.383 e. The number of hydrogen-bond acceptors (Lipinski definition) is 4. The fraction of sp³-hybridized carbons (Fsp3) is 0.778. The first-order chi connectivity index (χ1) is 14.6. The number of methoxy groups -OCH3 is 1. The standard InChI is InChI=1S/C27H47N3O/c1-8-11-29-12-14-30(15-13-29)25-18-23(28(6)16-17-31-7)9-10-24(25)22-19-26(2,3)21-27(4,5)20-22/h9-10,18,22H,8,11-17,19-21H2,1-7H3. The summed E-state index contributed by atoms with van der Waals surface area (Å²) in [7, 11) is 3.97. The van der Waals surface area contributed by atoms with Gasteiger partial charge in [-0.15, -0.1) is 0 Å². The van der Waals surface area contributed by atoms with Crippen LogP contribution in [0, 0.1) is 10.8 Å². The maximum atomic E-state index is 5.32. The SMILES string of the molecule is CCCN1CCN(c2cc(N(C)CCOC)ccc2C2CC(C)(C)CC(C)(C)C2)CC1. The highest BCUT2D eigenvalue weighted by Crippen LogP contribution is 2.53. The maximum absolute atomic E-state index is 5.32. The monoisotopic (exact) mass is 429 g/mol. The zero-order valence-electron chi connectivity index (χ0n) is 21.3. The molecule has 1 aromatic carbocycles. The average Bonchev–Trinajstić information content (AvgIpc) is 2.70. The van der Waals surface area contributed by atoms with E-state index in [9.17, 15) is 0 Å². The molecule has 3 rings (SSSR count). The third kappa shape index (κ3) is 6.38. The number of hydrogen-bond donors (Lipinski definition) is 0. The lowest BCUT2D eigenvalue weighted by atomic mass is 9.60. The number of piperazine rings is 1. The Kier molecular flexibility index (Phi) is 7.96. The Morgan fingerprint density at radius 2 is 1.68 bits per heavy atom. The highest BCUT2D eigenvalue weighted by atomic mass is 16.5. The highest BCUT2D eigenvalue weighted by molar-refractivity contribution is 5.65. The molecule has 176 valence electrons. The minimum Gasteiger partial charge on any atom is -0.383 e. The minimum atomic E-state index is 0.400. The van der Waals surface area contributed by atoms with Gasteiger partial charge in [-0.2, -0.15) is 0 Å². The molecule has 0 atom stereocenters. The van der Waals surface area contributed by atoms with Crippen molar-refractivity contribution in [2.24, 2.45) is 10.8 Å². The van der Waals surface area contributed by atoms with Gasteiger partial charge in [0.15, 0.2) is 0 Å². The number of rotatable bonds is 8. The molecule has 0 aromatic heterocycles. The third-order valence-electron chi connectivity index (χ3n) is 7.33. The molecule has 0 spiro atoms. The fourth-order valence-electron chi connectivity index (χ4n) is 6.34. The van der Waals surface area contributed by atoms with Gasteiger partial charge < -0.3 is 14.5 Å². The molecular weight excluding hydrogens is 382 g/mol. The molecule has 2 aliphatic rings. The van der Waals surface area contributed by atoms with Crippen LogP contribution in [0.25, 0.3) is 0 Å². The van der Waals surface area contributed by atoms with Gasteiger partial charge in [-0.1, -0.05) is 40.7 Å². The quantitative estimate of drug-likeness (QED) is 0.534. The van der Waals surface area contributed by atoms with Crippen LogP contribution in [0.1, 0.15) is 71.8 Å². The smallest absolute Gasteiger partial charge is 0.0637 e. The Bertz CT molecular complexity index is 690. The van der Waals surface area contributed by atoms with Gasteiger partial charge >= 0.3 is 0 Å². The van der Waals surface area contributed by atoms with E-state index < -0.39 is 0 Å². The zero-order valence-corrected chi connectivity index (χ0v) is 21.3. The molecule has 0 bridgehead atoms. The number of benzene rings is 1. The molecular formula is C27H47N3O. The van der Waals surface area contributed by atoms with E-state index in [-0.39, 0.29) is 0 Å². The average molecular weight is 430 g/mol. The molecule has 1 heterocycles. The lowest BCUT2D eigenvalue weighted by Gasteiger charge is -2.46. The summed E-state index contributed by atoms with van der Waals surface area (Å²) in [4.78, 5) is 7.63. The lowest BCUT2D eigenvalue weighted by molar-refractivity contribution is 0.0970. The first-order valence-electron chi connectivity index (χ1n) is 12.5. The molecule has 1 aromatic rings. The molecule has 0 radical (unpaired) electrons.